The Morgan fingerprint density at radius 2 is 2.41 bits per heavy atom. The van der Waals surface area contributed by atoms with Crippen LogP contribution in [-0.2, 0) is 4.74 Å². The van der Waals surface area contributed by atoms with Crippen molar-refractivity contribution in [2.75, 3.05) is 13.2 Å². The molecule has 1 aliphatic rings. The van der Waals surface area contributed by atoms with Gasteiger partial charge in [0.05, 0.1) is 6.61 Å². The summed E-state index contributed by atoms with van der Waals surface area (Å²) in [6.45, 7) is 3.15. The highest BCUT2D eigenvalue weighted by atomic mass is 16.5. The van der Waals surface area contributed by atoms with E-state index in [4.69, 9.17) is 4.74 Å². The van der Waals surface area contributed by atoms with E-state index in [2.05, 4.69) is 30.5 Å². The predicted octanol–water partition coefficient (Wildman–Crippen LogP) is 3.43. The molecule has 1 unspecified atom stereocenters. The Balaban J connectivity index is 2.04. The van der Waals surface area contributed by atoms with Crippen molar-refractivity contribution in [2.45, 2.75) is 39.0 Å². The Labute approximate surface area is 104 Å². The molecular weight excluding hydrogens is 214 g/mol. The number of nitrogens with one attached hydrogen (secondary N) is 1. The molecule has 0 radical (unpaired) electrons. The Bertz CT molecular complexity index is 271. The van der Waals surface area contributed by atoms with E-state index in [1.54, 1.807) is 0 Å². The molecule has 0 spiro atoms. The molecule has 96 valence electrons. The minimum atomic E-state index is -0.313. The average molecular weight is 237 g/mol. The van der Waals surface area contributed by atoms with Crippen molar-refractivity contribution in [1.29, 1.82) is 0 Å². The van der Waals surface area contributed by atoms with Gasteiger partial charge in [-0.15, -0.1) is 0 Å². The van der Waals surface area contributed by atoms with Gasteiger partial charge in [-0.2, -0.15) is 0 Å². The van der Waals surface area contributed by atoms with Crippen LogP contribution in [0.2, 0.25) is 0 Å². The van der Waals surface area contributed by atoms with Crippen LogP contribution in [0.3, 0.4) is 0 Å². The van der Waals surface area contributed by atoms with Crippen LogP contribution in [0.15, 0.2) is 24.3 Å². The number of unbranched alkanes of at least 4 members (excludes halogenated alkanes) is 1. The summed E-state index contributed by atoms with van der Waals surface area (Å²) in [7, 11) is 0. The summed E-state index contributed by atoms with van der Waals surface area (Å²) < 4.78 is 4.98. The molecule has 1 rings (SSSR count). The summed E-state index contributed by atoms with van der Waals surface area (Å²) in [5, 5.41) is 2.72. The molecule has 1 N–H and O–H groups in total. The minimum absolute atomic E-state index is 0.313. The van der Waals surface area contributed by atoms with Crippen LogP contribution in [0, 0.1) is 5.92 Å². The van der Waals surface area contributed by atoms with Crippen LogP contribution in [0.5, 0.6) is 0 Å². The van der Waals surface area contributed by atoms with Crippen LogP contribution >= 0.6 is 0 Å². The number of rotatable bonds is 6. The maximum absolute atomic E-state index is 11.2. The molecule has 0 aromatic carbocycles. The molecular formula is C14H23NO2. The van der Waals surface area contributed by atoms with Gasteiger partial charge in [0.2, 0.25) is 0 Å². The monoisotopic (exact) mass is 237 g/mol. The first-order valence-electron chi connectivity index (χ1n) is 6.55. The normalized spacial score (nSPS) is 19.5. The Hall–Kier alpha value is -1.25. The lowest BCUT2D eigenvalue weighted by Crippen LogP contribution is -2.24. The van der Waals surface area contributed by atoms with Crippen LogP contribution in [0.1, 0.15) is 39.0 Å². The smallest absolute Gasteiger partial charge is 0.407 e. The topological polar surface area (TPSA) is 38.3 Å². The van der Waals surface area contributed by atoms with E-state index in [1.807, 2.05) is 6.08 Å². The van der Waals surface area contributed by atoms with Gasteiger partial charge in [0.25, 0.3) is 0 Å². The summed E-state index contributed by atoms with van der Waals surface area (Å²) in [6, 6.07) is 0. The molecule has 0 aromatic rings. The van der Waals surface area contributed by atoms with Crippen molar-refractivity contribution in [1.82, 2.24) is 5.32 Å². The molecule has 0 heterocycles. The highest BCUT2D eigenvalue weighted by molar-refractivity contribution is 5.67. The number of amides is 1. The first-order valence-corrected chi connectivity index (χ1v) is 6.55. The lowest BCUT2D eigenvalue weighted by molar-refractivity contribution is 0.145. The zero-order valence-electron chi connectivity index (χ0n) is 10.7. The third kappa shape index (κ3) is 6.82. The Morgan fingerprint density at radius 3 is 3.12 bits per heavy atom. The summed E-state index contributed by atoms with van der Waals surface area (Å²) in [5.41, 5.74) is 0. The van der Waals surface area contributed by atoms with Crippen LogP contribution in [0.25, 0.3) is 0 Å². The maximum Gasteiger partial charge on any atom is 0.407 e. The van der Waals surface area contributed by atoms with Crippen molar-refractivity contribution in [3.05, 3.63) is 24.3 Å². The molecule has 0 aromatic heterocycles. The number of alkyl carbamates (subject to hydrolysis) is 1. The summed E-state index contributed by atoms with van der Waals surface area (Å²) in [5.74, 6) is 0.637. The number of ether oxygens (including phenoxy) is 1. The zero-order valence-corrected chi connectivity index (χ0v) is 10.7. The fourth-order valence-corrected chi connectivity index (χ4v) is 1.75. The standard InChI is InChI=1S/C14H23NO2/c1-2-3-12-17-14(16)15-11-7-10-13-8-5-4-6-9-13/h4-5,7,10,13H,2-3,6,8-9,11-12H2,1H3,(H,15,16)/b10-7+. The van der Waals surface area contributed by atoms with E-state index in [9.17, 15) is 4.79 Å². The third-order valence-corrected chi connectivity index (χ3v) is 2.81. The van der Waals surface area contributed by atoms with Gasteiger partial charge < -0.3 is 10.1 Å². The SMILES string of the molecule is CCCCOC(=O)NC/C=C/C1CC=CCC1. The molecule has 3 heteroatoms. The number of carbonyl (C=O) groups excluding carboxylic acids is 1. The number of hydrogen-bond acceptors (Lipinski definition) is 2. The predicted molar refractivity (Wildman–Crippen MR) is 69.9 cm³/mol. The van der Waals surface area contributed by atoms with E-state index < -0.39 is 0 Å². The zero-order chi connectivity index (χ0) is 12.3. The molecule has 1 aliphatic carbocycles. The second-order valence-electron chi connectivity index (χ2n) is 4.34. The van der Waals surface area contributed by atoms with Gasteiger partial charge >= 0.3 is 6.09 Å². The van der Waals surface area contributed by atoms with Crippen molar-refractivity contribution >= 4 is 6.09 Å². The van der Waals surface area contributed by atoms with E-state index >= 15 is 0 Å². The molecule has 0 saturated heterocycles. The van der Waals surface area contributed by atoms with Crippen molar-refractivity contribution in [3.8, 4) is 0 Å². The van der Waals surface area contributed by atoms with E-state index in [0.717, 1.165) is 19.3 Å². The molecule has 0 saturated carbocycles. The Morgan fingerprint density at radius 1 is 1.53 bits per heavy atom. The molecule has 0 bridgehead atoms. The van der Waals surface area contributed by atoms with Gasteiger partial charge in [0.15, 0.2) is 0 Å². The summed E-state index contributed by atoms with van der Waals surface area (Å²) in [4.78, 5) is 11.2. The van der Waals surface area contributed by atoms with E-state index in [1.165, 1.54) is 12.8 Å². The molecule has 1 atom stereocenters. The molecule has 0 fully saturated rings. The number of carbonyl (C=O) groups is 1. The fourth-order valence-electron chi connectivity index (χ4n) is 1.75. The molecule has 3 nitrogen and oxygen atoms in total. The maximum atomic E-state index is 11.2. The van der Waals surface area contributed by atoms with E-state index in [-0.39, 0.29) is 6.09 Å². The van der Waals surface area contributed by atoms with Crippen LogP contribution in [-0.4, -0.2) is 19.2 Å². The molecule has 1 amide bonds. The van der Waals surface area contributed by atoms with Crippen molar-refractivity contribution in [3.63, 3.8) is 0 Å². The summed E-state index contributed by atoms with van der Waals surface area (Å²) in [6.07, 6.45) is 13.8. The van der Waals surface area contributed by atoms with Gasteiger partial charge in [-0.1, -0.05) is 37.6 Å². The van der Waals surface area contributed by atoms with Gasteiger partial charge in [-0.3, -0.25) is 0 Å². The van der Waals surface area contributed by atoms with Crippen LogP contribution in [0.4, 0.5) is 4.79 Å². The second-order valence-corrected chi connectivity index (χ2v) is 4.34. The average Bonchev–Trinajstić information content (AvgIpc) is 2.36. The first kappa shape index (κ1) is 13.8. The van der Waals surface area contributed by atoms with Gasteiger partial charge in [-0.05, 0) is 31.6 Å². The third-order valence-electron chi connectivity index (χ3n) is 2.81. The van der Waals surface area contributed by atoms with Crippen LogP contribution < -0.4 is 5.32 Å². The fraction of sp³-hybridized carbons (Fsp3) is 0.643. The van der Waals surface area contributed by atoms with Gasteiger partial charge in [-0.25, -0.2) is 4.79 Å². The minimum Gasteiger partial charge on any atom is -0.450 e. The lowest BCUT2D eigenvalue weighted by Gasteiger charge is -2.12. The first-order chi connectivity index (χ1) is 8.33. The number of hydrogen-bond donors (Lipinski definition) is 1. The quantitative estimate of drug-likeness (QED) is 0.568. The summed E-state index contributed by atoms with van der Waals surface area (Å²) >= 11 is 0. The molecule has 0 aliphatic heterocycles. The number of allylic oxidation sites excluding steroid dienone is 3. The highest BCUT2D eigenvalue weighted by Crippen LogP contribution is 2.18. The van der Waals surface area contributed by atoms with Gasteiger partial charge in [0.1, 0.15) is 0 Å². The largest absolute Gasteiger partial charge is 0.450 e. The lowest BCUT2D eigenvalue weighted by atomic mass is 9.94. The van der Waals surface area contributed by atoms with Gasteiger partial charge in [0, 0.05) is 6.54 Å². The molecule has 17 heavy (non-hydrogen) atoms. The van der Waals surface area contributed by atoms with E-state index in [0.29, 0.717) is 19.1 Å². The highest BCUT2D eigenvalue weighted by Gasteiger charge is 2.05. The van der Waals surface area contributed by atoms with Crippen molar-refractivity contribution < 1.29 is 9.53 Å². The van der Waals surface area contributed by atoms with Crippen molar-refractivity contribution in [2.24, 2.45) is 5.92 Å². The Kier molecular flexibility index (Phi) is 7.19. The second kappa shape index (κ2) is 8.85.